The lowest BCUT2D eigenvalue weighted by molar-refractivity contribution is 0.0827. The second-order valence-electron chi connectivity index (χ2n) is 6.89. The van der Waals surface area contributed by atoms with Gasteiger partial charge in [0.1, 0.15) is 0 Å². The van der Waals surface area contributed by atoms with E-state index < -0.39 is 0 Å². The summed E-state index contributed by atoms with van der Waals surface area (Å²) in [6.07, 6.45) is 4.80. The van der Waals surface area contributed by atoms with Crippen LogP contribution in [0.1, 0.15) is 64.1 Å². The van der Waals surface area contributed by atoms with Crippen LogP contribution >= 0.6 is 0 Å². The van der Waals surface area contributed by atoms with Crippen LogP contribution in [0.2, 0.25) is 0 Å². The molecule has 0 radical (unpaired) electrons. The number of rotatable bonds is 6. The van der Waals surface area contributed by atoms with Gasteiger partial charge in [0.05, 0.1) is 0 Å². The molecule has 0 bridgehead atoms. The van der Waals surface area contributed by atoms with Crippen molar-refractivity contribution in [2.45, 2.75) is 71.5 Å². The number of nitrogens with two attached hydrogens (primary N) is 1. The highest BCUT2D eigenvalue weighted by atomic mass is 15.2. The predicted molar refractivity (Wildman–Crippen MR) is 91.4 cm³/mol. The quantitative estimate of drug-likeness (QED) is 0.852. The molecule has 0 spiro atoms. The van der Waals surface area contributed by atoms with Crippen LogP contribution in [0.15, 0.2) is 24.3 Å². The van der Waals surface area contributed by atoms with Crippen molar-refractivity contribution < 1.29 is 0 Å². The van der Waals surface area contributed by atoms with Crippen molar-refractivity contribution in [2.75, 3.05) is 6.54 Å². The van der Waals surface area contributed by atoms with Gasteiger partial charge in [0.2, 0.25) is 0 Å². The zero-order chi connectivity index (χ0) is 15.4. The van der Waals surface area contributed by atoms with Gasteiger partial charge in [-0.2, -0.15) is 0 Å². The lowest BCUT2D eigenvalue weighted by atomic mass is 9.82. The normalized spacial score (nSPS) is 22.1. The Hall–Kier alpha value is -0.860. The van der Waals surface area contributed by atoms with Crippen molar-refractivity contribution in [1.82, 2.24) is 4.90 Å². The van der Waals surface area contributed by atoms with Gasteiger partial charge in [-0.05, 0) is 42.7 Å². The van der Waals surface area contributed by atoms with E-state index in [0.29, 0.717) is 18.0 Å². The largest absolute Gasteiger partial charge is 0.323 e. The molecule has 2 atom stereocenters. The first-order valence-corrected chi connectivity index (χ1v) is 8.67. The zero-order valence-electron chi connectivity index (χ0n) is 14.2. The highest BCUT2D eigenvalue weighted by Crippen LogP contribution is 2.33. The summed E-state index contributed by atoms with van der Waals surface area (Å²) in [7, 11) is 0. The van der Waals surface area contributed by atoms with Gasteiger partial charge in [-0.25, -0.2) is 0 Å². The minimum atomic E-state index is 0.161. The van der Waals surface area contributed by atoms with Gasteiger partial charge in [0.15, 0.2) is 0 Å². The van der Waals surface area contributed by atoms with E-state index >= 15 is 0 Å². The van der Waals surface area contributed by atoms with E-state index in [0.717, 1.165) is 6.54 Å². The maximum atomic E-state index is 6.67. The molecule has 0 saturated carbocycles. The maximum absolute atomic E-state index is 6.67. The van der Waals surface area contributed by atoms with E-state index in [1.807, 2.05) is 0 Å². The van der Waals surface area contributed by atoms with Gasteiger partial charge >= 0.3 is 0 Å². The number of fused-ring (bicyclic) bond motifs is 1. The fourth-order valence-electron chi connectivity index (χ4n) is 3.88. The van der Waals surface area contributed by atoms with Gasteiger partial charge < -0.3 is 5.73 Å². The second kappa shape index (κ2) is 7.42. The van der Waals surface area contributed by atoms with Crippen LogP contribution in [0.5, 0.6) is 0 Å². The van der Waals surface area contributed by atoms with Crippen molar-refractivity contribution in [3.05, 3.63) is 35.4 Å². The molecule has 21 heavy (non-hydrogen) atoms. The van der Waals surface area contributed by atoms with Crippen LogP contribution in [0.4, 0.5) is 0 Å². The molecule has 0 amide bonds. The van der Waals surface area contributed by atoms with Crippen LogP contribution in [0.25, 0.3) is 0 Å². The molecule has 1 aromatic carbocycles. The van der Waals surface area contributed by atoms with Crippen LogP contribution < -0.4 is 5.73 Å². The molecule has 1 aromatic rings. The first-order valence-electron chi connectivity index (χ1n) is 8.67. The Balaban J connectivity index is 2.24. The number of hydrogen-bond acceptors (Lipinski definition) is 2. The summed E-state index contributed by atoms with van der Waals surface area (Å²) in [6, 6.07) is 10.1. The Morgan fingerprint density at radius 3 is 2.48 bits per heavy atom. The monoisotopic (exact) mass is 288 g/mol. The molecular weight excluding hydrogens is 256 g/mol. The summed E-state index contributed by atoms with van der Waals surface area (Å²) in [4.78, 5) is 2.71. The summed E-state index contributed by atoms with van der Waals surface area (Å²) in [6.45, 7) is 10.4. The Labute approximate surface area is 130 Å². The first kappa shape index (κ1) is 16.5. The van der Waals surface area contributed by atoms with E-state index in [1.165, 1.54) is 36.8 Å². The van der Waals surface area contributed by atoms with Crippen LogP contribution in [0, 0.1) is 5.92 Å². The molecule has 2 nitrogen and oxygen atoms in total. The molecule has 0 aromatic heterocycles. The van der Waals surface area contributed by atoms with Crippen molar-refractivity contribution in [1.29, 1.82) is 0 Å². The van der Waals surface area contributed by atoms with Gasteiger partial charge in [0, 0.05) is 24.7 Å². The molecule has 2 heteroatoms. The average molecular weight is 288 g/mol. The number of benzene rings is 1. The molecule has 1 aliphatic carbocycles. The summed E-state index contributed by atoms with van der Waals surface area (Å²) < 4.78 is 0. The van der Waals surface area contributed by atoms with E-state index in [-0.39, 0.29) is 6.04 Å². The average Bonchev–Trinajstić information content (AvgIpc) is 2.48. The molecule has 0 aliphatic heterocycles. The summed E-state index contributed by atoms with van der Waals surface area (Å²) in [5.74, 6) is 0.690. The minimum Gasteiger partial charge on any atom is -0.323 e. The molecule has 2 N–H and O–H groups in total. The zero-order valence-corrected chi connectivity index (χ0v) is 14.2. The van der Waals surface area contributed by atoms with E-state index in [2.05, 4.69) is 56.9 Å². The minimum absolute atomic E-state index is 0.161. The van der Waals surface area contributed by atoms with Crippen LogP contribution in [-0.4, -0.2) is 23.5 Å². The predicted octanol–water partition coefficient (Wildman–Crippen LogP) is 4.15. The van der Waals surface area contributed by atoms with Gasteiger partial charge in [-0.1, -0.05) is 52.0 Å². The lowest BCUT2D eigenvalue weighted by Gasteiger charge is -2.44. The second-order valence-corrected chi connectivity index (χ2v) is 6.89. The van der Waals surface area contributed by atoms with E-state index in [1.54, 1.807) is 0 Å². The molecule has 0 saturated heterocycles. The Bertz CT molecular complexity index is 437. The third-order valence-corrected chi connectivity index (χ3v) is 4.95. The fourth-order valence-corrected chi connectivity index (χ4v) is 3.88. The third kappa shape index (κ3) is 3.67. The fraction of sp³-hybridized carbons (Fsp3) is 0.684. The van der Waals surface area contributed by atoms with E-state index in [9.17, 15) is 0 Å². The standard InChI is InChI=1S/C19H32N2/c1-5-16(6-2)21(13-14(3)4)18-12-11-15-9-7-8-10-17(15)19(18)20/h7-10,14,16,18-19H,5-6,11-13,20H2,1-4H3. The SMILES string of the molecule is CCC(CC)N(CC(C)C)C1CCc2ccccc2C1N. The Morgan fingerprint density at radius 1 is 1.19 bits per heavy atom. The van der Waals surface area contributed by atoms with Crippen molar-refractivity contribution in [3.8, 4) is 0 Å². The Morgan fingerprint density at radius 2 is 1.86 bits per heavy atom. The topological polar surface area (TPSA) is 29.3 Å². The van der Waals surface area contributed by atoms with Crippen molar-refractivity contribution in [2.24, 2.45) is 11.7 Å². The molecule has 118 valence electrons. The van der Waals surface area contributed by atoms with Gasteiger partial charge in [-0.3, -0.25) is 4.90 Å². The summed E-state index contributed by atoms with van der Waals surface area (Å²) >= 11 is 0. The smallest absolute Gasteiger partial charge is 0.0456 e. The van der Waals surface area contributed by atoms with Crippen LogP contribution in [-0.2, 0) is 6.42 Å². The van der Waals surface area contributed by atoms with Crippen molar-refractivity contribution in [3.63, 3.8) is 0 Å². The summed E-state index contributed by atoms with van der Waals surface area (Å²) in [5, 5.41) is 0. The number of aryl methyl sites for hydroxylation is 1. The van der Waals surface area contributed by atoms with E-state index in [4.69, 9.17) is 5.73 Å². The Kier molecular flexibility index (Phi) is 5.83. The van der Waals surface area contributed by atoms with Crippen LogP contribution in [0.3, 0.4) is 0 Å². The van der Waals surface area contributed by atoms with Gasteiger partial charge in [0.25, 0.3) is 0 Å². The lowest BCUT2D eigenvalue weighted by Crippen LogP contribution is -2.51. The first-order chi connectivity index (χ1) is 10.1. The number of nitrogens with zero attached hydrogens (tertiary/aromatic N) is 1. The third-order valence-electron chi connectivity index (χ3n) is 4.95. The number of hydrogen-bond donors (Lipinski definition) is 1. The molecule has 2 rings (SSSR count). The highest BCUT2D eigenvalue weighted by Gasteiger charge is 2.33. The maximum Gasteiger partial charge on any atom is 0.0456 e. The molecular formula is C19H32N2. The molecule has 1 aliphatic rings. The molecule has 0 heterocycles. The molecule has 2 unspecified atom stereocenters. The molecule has 0 fully saturated rings. The summed E-state index contributed by atoms with van der Waals surface area (Å²) in [5.41, 5.74) is 9.50. The van der Waals surface area contributed by atoms with Crippen molar-refractivity contribution >= 4 is 0 Å². The van der Waals surface area contributed by atoms with Gasteiger partial charge in [-0.15, -0.1) is 0 Å². The highest BCUT2D eigenvalue weighted by molar-refractivity contribution is 5.33.